The monoisotopic (exact) mass is 443 g/mol. The Morgan fingerprint density at radius 1 is 1.10 bits per heavy atom. The summed E-state index contributed by atoms with van der Waals surface area (Å²) in [5.41, 5.74) is 3.75. The van der Waals surface area contributed by atoms with E-state index in [9.17, 15) is 9.90 Å². The fraction of sp³-hybridized carbons (Fsp3) is 0.348. The number of ether oxygens (including phenoxy) is 2. The minimum atomic E-state index is -0.933. The van der Waals surface area contributed by atoms with E-state index in [1.807, 2.05) is 24.3 Å². The van der Waals surface area contributed by atoms with Crippen LogP contribution in [0.25, 0.3) is 0 Å². The van der Waals surface area contributed by atoms with Crippen LogP contribution in [0.1, 0.15) is 30.0 Å². The third-order valence-electron chi connectivity index (χ3n) is 5.10. The maximum absolute atomic E-state index is 11.2. The van der Waals surface area contributed by atoms with Gasteiger partial charge in [-0.25, -0.2) is 4.79 Å². The molecule has 1 aliphatic rings. The first-order valence-electron chi connectivity index (χ1n) is 10.1. The van der Waals surface area contributed by atoms with Gasteiger partial charge in [0.2, 0.25) is 0 Å². The number of hydrogen-bond acceptors (Lipinski definition) is 6. The number of hydrogen-bond donors (Lipinski definition) is 1. The Balaban J connectivity index is 1.29. The molecule has 2 aromatic heterocycles. The van der Waals surface area contributed by atoms with Gasteiger partial charge in [-0.1, -0.05) is 12.1 Å². The van der Waals surface area contributed by atoms with E-state index >= 15 is 0 Å². The number of aliphatic carboxylic acids is 1. The fourth-order valence-corrected chi connectivity index (χ4v) is 5.65. The van der Waals surface area contributed by atoms with Crippen molar-refractivity contribution in [3.05, 3.63) is 63.8 Å². The standard InChI is InChI=1S/C23H25NO4S2/c1-2-27-20(23(25)26)14-16-4-6-19(7-5-16)28-11-3-10-24-21-17(8-12-29-21)15-18-9-13-30-22(18)24/h4-9,12-13,20H,2-3,10-11,14-15H2,1H3,(H,25,26). The Morgan fingerprint density at radius 2 is 1.77 bits per heavy atom. The molecular weight excluding hydrogens is 418 g/mol. The highest BCUT2D eigenvalue weighted by molar-refractivity contribution is 7.17. The van der Waals surface area contributed by atoms with Gasteiger partial charge >= 0.3 is 5.97 Å². The topological polar surface area (TPSA) is 59.0 Å². The molecule has 0 fully saturated rings. The number of carbonyl (C=O) groups is 1. The molecule has 0 radical (unpaired) electrons. The number of thiophene rings is 2. The van der Waals surface area contributed by atoms with Crippen LogP contribution < -0.4 is 9.64 Å². The van der Waals surface area contributed by atoms with E-state index in [-0.39, 0.29) is 0 Å². The summed E-state index contributed by atoms with van der Waals surface area (Å²) in [6.07, 6.45) is 1.49. The van der Waals surface area contributed by atoms with Gasteiger partial charge in [-0.05, 0) is 65.1 Å². The van der Waals surface area contributed by atoms with Gasteiger partial charge in [-0.15, -0.1) is 22.7 Å². The SMILES string of the molecule is CCOC(Cc1ccc(OCCCN2c3sccc3Cc3ccsc32)cc1)C(=O)O. The molecule has 3 aromatic rings. The van der Waals surface area contributed by atoms with Crippen LogP contribution in [0, 0.1) is 0 Å². The third-order valence-corrected chi connectivity index (χ3v) is 7.06. The Hall–Kier alpha value is -2.35. The van der Waals surface area contributed by atoms with Gasteiger partial charge in [0.05, 0.1) is 16.6 Å². The van der Waals surface area contributed by atoms with Crippen LogP contribution in [-0.4, -0.2) is 36.9 Å². The summed E-state index contributed by atoms with van der Waals surface area (Å²) in [7, 11) is 0. The number of carboxylic acid groups (broad SMARTS) is 1. The van der Waals surface area contributed by atoms with E-state index in [1.165, 1.54) is 21.1 Å². The Kier molecular flexibility index (Phi) is 6.72. The van der Waals surface area contributed by atoms with E-state index in [0.717, 1.165) is 30.7 Å². The van der Waals surface area contributed by atoms with Crippen molar-refractivity contribution in [2.45, 2.75) is 32.3 Å². The summed E-state index contributed by atoms with van der Waals surface area (Å²) in [6, 6.07) is 12.1. The molecule has 1 N–H and O–H groups in total. The molecule has 1 aliphatic heterocycles. The maximum Gasteiger partial charge on any atom is 0.333 e. The molecule has 30 heavy (non-hydrogen) atoms. The van der Waals surface area contributed by atoms with Crippen molar-refractivity contribution in [3.63, 3.8) is 0 Å². The number of fused-ring (bicyclic) bond motifs is 2. The van der Waals surface area contributed by atoms with Crippen LogP contribution in [0.15, 0.2) is 47.2 Å². The van der Waals surface area contributed by atoms with Gasteiger partial charge in [0.25, 0.3) is 0 Å². The van der Waals surface area contributed by atoms with Crippen LogP contribution >= 0.6 is 22.7 Å². The highest BCUT2D eigenvalue weighted by atomic mass is 32.1. The summed E-state index contributed by atoms with van der Waals surface area (Å²) in [5.74, 6) is -0.132. The largest absolute Gasteiger partial charge is 0.494 e. The van der Waals surface area contributed by atoms with Crippen molar-refractivity contribution in [3.8, 4) is 5.75 Å². The summed E-state index contributed by atoms with van der Waals surface area (Å²) in [4.78, 5) is 13.7. The average molecular weight is 444 g/mol. The number of rotatable bonds is 10. The minimum absolute atomic E-state index is 0.352. The highest BCUT2D eigenvalue weighted by Gasteiger charge is 2.24. The number of benzene rings is 1. The van der Waals surface area contributed by atoms with Gasteiger partial charge in [0, 0.05) is 26.0 Å². The molecule has 0 saturated carbocycles. The van der Waals surface area contributed by atoms with E-state index in [2.05, 4.69) is 27.8 Å². The molecule has 158 valence electrons. The van der Waals surface area contributed by atoms with E-state index < -0.39 is 12.1 Å². The van der Waals surface area contributed by atoms with Gasteiger partial charge in [-0.3, -0.25) is 0 Å². The lowest BCUT2D eigenvalue weighted by Crippen LogP contribution is -2.26. The first-order chi connectivity index (χ1) is 14.7. The predicted molar refractivity (Wildman–Crippen MR) is 122 cm³/mol. The zero-order valence-electron chi connectivity index (χ0n) is 16.9. The number of carboxylic acids is 1. The number of anilines is 2. The molecule has 3 heterocycles. The maximum atomic E-state index is 11.2. The normalized spacial score (nSPS) is 13.6. The first-order valence-corrected chi connectivity index (χ1v) is 11.9. The highest BCUT2D eigenvalue weighted by Crippen LogP contribution is 2.44. The lowest BCUT2D eigenvalue weighted by atomic mass is 10.1. The molecule has 5 nitrogen and oxygen atoms in total. The smallest absolute Gasteiger partial charge is 0.333 e. The van der Waals surface area contributed by atoms with Crippen molar-refractivity contribution in [2.75, 3.05) is 24.7 Å². The fourth-order valence-electron chi connectivity index (χ4n) is 3.67. The van der Waals surface area contributed by atoms with Crippen LogP contribution in [0.3, 0.4) is 0 Å². The Labute approximate surface area is 184 Å². The van der Waals surface area contributed by atoms with Crippen LogP contribution in [0.5, 0.6) is 5.75 Å². The summed E-state index contributed by atoms with van der Waals surface area (Å²) in [5, 5.41) is 16.3. The Morgan fingerprint density at radius 3 is 2.37 bits per heavy atom. The van der Waals surface area contributed by atoms with E-state index in [1.54, 1.807) is 29.6 Å². The molecule has 1 aromatic carbocycles. The zero-order chi connectivity index (χ0) is 20.9. The second kappa shape index (κ2) is 9.64. The van der Waals surface area contributed by atoms with E-state index in [0.29, 0.717) is 19.6 Å². The van der Waals surface area contributed by atoms with Crippen molar-refractivity contribution in [2.24, 2.45) is 0 Å². The molecule has 4 rings (SSSR count). The van der Waals surface area contributed by atoms with Crippen LogP contribution in [0.4, 0.5) is 10.0 Å². The van der Waals surface area contributed by atoms with Crippen LogP contribution in [-0.2, 0) is 22.4 Å². The molecule has 1 atom stereocenters. The van der Waals surface area contributed by atoms with Crippen molar-refractivity contribution in [1.29, 1.82) is 0 Å². The summed E-state index contributed by atoms with van der Waals surface area (Å²) < 4.78 is 11.2. The first kappa shape index (κ1) is 20.9. The molecule has 0 aliphatic carbocycles. The van der Waals surface area contributed by atoms with Crippen LogP contribution in [0.2, 0.25) is 0 Å². The predicted octanol–water partition coefficient (Wildman–Crippen LogP) is 5.35. The second-order valence-electron chi connectivity index (χ2n) is 7.16. The molecule has 7 heteroatoms. The molecule has 1 unspecified atom stereocenters. The van der Waals surface area contributed by atoms with Gasteiger partial charge in [0.1, 0.15) is 5.75 Å². The Bertz CT molecular complexity index is 939. The molecule has 0 amide bonds. The average Bonchev–Trinajstić information content (AvgIpc) is 3.40. The second-order valence-corrected chi connectivity index (χ2v) is 8.95. The quantitative estimate of drug-likeness (QED) is 0.428. The lowest BCUT2D eigenvalue weighted by molar-refractivity contribution is -0.149. The van der Waals surface area contributed by atoms with Crippen molar-refractivity contribution < 1.29 is 19.4 Å². The van der Waals surface area contributed by atoms with Gasteiger partial charge in [0.15, 0.2) is 6.10 Å². The zero-order valence-corrected chi connectivity index (χ0v) is 18.5. The number of nitrogens with zero attached hydrogens (tertiary/aromatic N) is 1. The lowest BCUT2D eigenvalue weighted by Gasteiger charge is -2.28. The van der Waals surface area contributed by atoms with Gasteiger partial charge < -0.3 is 19.5 Å². The molecule has 0 spiro atoms. The van der Waals surface area contributed by atoms with E-state index in [4.69, 9.17) is 9.47 Å². The minimum Gasteiger partial charge on any atom is -0.494 e. The molecule has 0 bridgehead atoms. The van der Waals surface area contributed by atoms with Crippen molar-refractivity contribution in [1.82, 2.24) is 0 Å². The summed E-state index contributed by atoms with van der Waals surface area (Å²) in [6.45, 7) is 3.74. The summed E-state index contributed by atoms with van der Waals surface area (Å²) >= 11 is 3.61. The third kappa shape index (κ3) is 4.69. The molecular formula is C23H25NO4S2. The van der Waals surface area contributed by atoms with Gasteiger partial charge in [-0.2, -0.15) is 0 Å². The molecule has 0 saturated heterocycles. The van der Waals surface area contributed by atoms with Crippen molar-refractivity contribution >= 4 is 38.6 Å².